The van der Waals surface area contributed by atoms with Gasteiger partial charge in [-0.15, -0.1) is 0 Å². The van der Waals surface area contributed by atoms with Crippen molar-refractivity contribution in [1.29, 1.82) is 0 Å². The number of nitrogens with one attached hydrogen (secondary N) is 1. The third-order valence-electron chi connectivity index (χ3n) is 5.08. The zero-order valence-corrected chi connectivity index (χ0v) is 14.2. The molecule has 2 aliphatic heterocycles. The first kappa shape index (κ1) is 16.8. The Hall–Kier alpha value is -2.08. The predicted molar refractivity (Wildman–Crippen MR) is 91.5 cm³/mol. The average Bonchev–Trinajstić information content (AvgIpc) is 2.94. The molecule has 3 amide bonds. The Bertz CT molecular complexity index is 634. The van der Waals surface area contributed by atoms with Gasteiger partial charge in [0.1, 0.15) is 6.04 Å². The number of rotatable bonds is 2. The molecule has 0 radical (unpaired) electrons. The fraction of sp³-hybridized carbons (Fsp3) is 0.556. The molecule has 0 spiro atoms. The van der Waals surface area contributed by atoms with Crippen LogP contribution < -0.4 is 5.32 Å². The highest BCUT2D eigenvalue weighted by Crippen LogP contribution is 2.28. The summed E-state index contributed by atoms with van der Waals surface area (Å²) >= 11 is 0. The lowest BCUT2D eigenvalue weighted by atomic mass is 9.97. The summed E-state index contributed by atoms with van der Waals surface area (Å²) in [5.41, 5.74) is 1.71. The Morgan fingerprint density at radius 2 is 2.17 bits per heavy atom. The van der Waals surface area contributed by atoms with E-state index in [1.165, 1.54) is 0 Å². The second kappa shape index (κ2) is 6.81. The van der Waals surface area contributed by atoms with Gasteiger partial charge in [-0.2, -0.15) is 0 Å². The van der Waals surface area contributed by atoms with Gasteiger partial charge in [-0.1, -0.05) is 38.5 Å². The fourth-order valence-corrected chi connectivity index (χ4v) is 3.48. The van der Waals surface area contributed by atoms with Crippen LogP contribution >= 0.6 is 0 Å². The smallest absolute Gasteiger partial charge is 0.321 e. The quantitative estimate of drug-likeness (QED) is 0.871. The van der Waals surface area contributed by atoms with Gasteiger partial charge in [-0.05, 0) is 24.0 Å². The van der Waals surface area contributed by atoms with Crippen molar-refractivity contribution >= 4 is 17.6 Å². The number of carbonyl (C=O) groups is 2. The van der Waals surface area contributed by atoms with Crippen LogP contribution in [0.25, 0.3) is 0 Å². The third-order valence-corrected chi connectivity index (χ3v) is 5.08. The van der Waals surface area contributed by atoms with E-state index in [1.54, 1.807) is 9.80 Å². The van der Waals surface area contributed by atoms with Gasteiger partial charge in [-0.25, -0.2) is 4.79 Å². The Morgan fingerprint density at radius 1 is 1.42 bits per heavy atom. The highest BCUT2D eigenvalue weighted by atomic mass is 16.3. The van der Waals surface area contributed by atoms with Crippen LogP contribution in [-0.2, 0) is 11.3 Å². The Morgan fingerprint density at radius 3 is 2.83 bits per heavy atom. The molecule has 2 N–H and O–H groups in total. The lowest BCUT2D eigenvalue weighted by molar-refractivity contribution is -0.122. The second-order valence-corrected chi connectivity index (χ2v) is 6.78. The first-order valence-corrected chi connectivity index (χ1v) is 8.63. The molecule has 3 rings (SSSR count). The number of anilines is 1. The lowest BCUT2D eigenvalue weighted by Crippen LogP contribution is -2.53. The summed E-state index contributed by atoms with van der Waals surface area (Å²) in [5, 5.41) is 12.7. The molecule has 1 aromatic carbocycles. The van der Waals surface area contributed by atoms with E-state index < -0.39 is 12.1 Å². The SMILES string of the molecule is CCC(C)C1C(=O)Nc2ccccc2CN1C(=O)N1CCC(O)C1. The van der Waals surface area contributed by atoms with Crippen LogP contribution in [0.3, 0.4) is 0 Å². The van der Waals surface area contributed by atoms with Crippen molar-refractivity contribution in [1.82, 2.24) is 9.80 Å². The summed E-state index contributed by atoms with van der Waals surface area (Å²) in [6.45, 7) is 5.30. The van der Waals surface area contributed by atoms with Crippen molar-refractivity contribution in [2.24, 2.45) is 5.92 Å². The number of aliphatic hydroxyl groups is 1. The molecule has 6 nitrogen and oxygen atoms in total. The van der Waals surface area contributed by atoms with E-state index in [0.717, 1.165) is 17.7 Å². The number of fused-ring (bicyclic) bond motifs is 1. The molecule has 1 fully saturated rings. The highest BCUT2D eigenvalue weighted by molar-refractivity contribution is 5.98. The molecule has 2 aliphatic rings. The number of benzene rings is 1. The normalized spacial score (nSPS) is 25.0. The summed E-state index contributed by atoms with van der Waals surface area (Å²) in [6.07, 6.45) is 0.932. The van der Waals surface area contributed by atoms with Crippen LogP contribution in [0.1, 0.15) is 32.3 Å². The van der Waals surface area contributed by atoms with E-state index in [1.807, 2.05) is 38.1 Å². The largest absolute Gasteiger partial charge is 0.391 e. The van der Waals surface area contributed by atoms with E-state index >= 15 is 0 Å². The number of para-hydroxylation sites is 1. The van der Waals surface area contributed by atoms with Crippen molar-refractivity contribution in [2.45, 2.75) is 45.4 Å². The number of carbonyl (C=O) groups excluding carboxylic acids is 2. The molecule has 0 aliphatic carbocycles. The van der Waals surface area contributed by atoms with Gasteiger partial charge in [-0.3, -0.25) is 4.79 Å². The fourth-order valence-electron chi connectivity index (χ4n) is 3.48. The summed E-state index contributed by atoms with van der Waals surface area (Å²) in [5.74, 6) is -0.0850. The summed E-state index contributed by atoms with van der Waals surface area (Å²) in [6, 6.07) is 6.93. The zero-order valence-electron chi connectivity index (χ0n) is 14.2. The van der Waals surface area contributed by atoms with Crippen LogP contribution in [0.4, 0.5) is 10.5 Å². The van der Waals surface area contributed by atoms with E-state index in [4.69, 9.17) is 0 Å². The lowest BCUT2D eigenvalue weighted by Gasteiger charge is -2.35. The Kier molecular flexibility index (Phi) is 4.76. The van der Waals surface area contributed by atoms with Crippen molar-refractivity contribution in [3.8, 4) is 0 Å². The van der Waals surface area contributed by atoms with Crippen LogP contribution in [-0.4, -0.2) is 52.1 Å². The van der Waals surface area contributed by atoms with E-state index in [0.29, 0.717) is 26.1 Å². The number of hydrogen-bond donors (Lipinski definition) is 2. The number of urea groups is 1. The van der Waals surface area contributed by atoms with Gasteiger partial charge in [0.05, 0.1) is 12.6 Å². The average molecular weight is 331 g/mol. The molecular weight excluding hydrogens is 306 g/mol. The maximum Gasteiger partial charge on any atom is 0.321 e. The number of β-amino-alcohol motifs (C(OH)–C–C–N with tert-alkyl or cyclic N) is 1. The maximum absolute atomic E-state index is 13.0. The number of aliphatic hydroxyl groups excluding tert-OH is 1. The molecule has 2 heterocycles. The molecule has 3 unspecified atom stereocenters. The molecular formula is C18H25N3O3. The van der Waals surface area contributed by atoms with Crippen molar-refractivity contribution in [3.63, 3.8) is 0 Å². The van der Waals surface area contributed by atoms with Gasteiger partial charge in [0, 0.05) is 18.8 Å². The molecule has 3 atom stereocenters. The number of nitrogens with zero attached hydrogens (tertiary/aromatic N) is 2. The number of amides is 3. The predicted octanol–water partition coefficient (Wildman–Crippen LogP) is 2.04. The van der Waals surface area contributed by atoms with Crippen molar-refractivity contribution < 1.29 is 14.7 Å². The number of likely N-dealkylation sites (tertiary alicyclic amines) is 1. The first-order valence-electron chi connectivity index (χ1n) is 8.63. The molecule has 0 aromatic heterocycles. The van der Waals surface area contributed by atoms with Gasteiger partial charge in [0.2, 0.25) is 5.91 Å². The van der Waals surface area contributed by atoms with Gasteiger partial charge < -0.3 is 20.2 Å². The van der Waals surface area contributed by atoms with Gasteiger partial charge in [0.15, 0.2) is 0 Å². The van der Waals surface area contributed by atoms with Gasteiger partial charge >= 0.3 is 6.03 Å². The third kappa shape index (κ3) is 3.11. The van der Waals surface area contributed by atoms with E-state index in [2.05, 4.69) is 5.32 Å². The zero-order chi connectivity index (χ0) is 17.3. The monoisotopic (exact) mass is 331 g/mol. The molecule has 6 heteroatoms. The summed E-state index contributed by atoms with van der Waals surface area (Å²) in [4.78, 5) is 29.2. The molecule has 24 heavy (non-hydrogen) atoms. The second-order valence-electron chi connectivity index (χ2n) is 6.78. The van der Waals surface area contributed by atoms with Crippen LogP contribution in [0.2, 0.25) is 0 Å². The van der Waals surface area contributed by atoms with Crippen LogP contribution in [0.15, 0.2) is 24.3 Å². The Labute approximate surface area is 142 Å². The topological polar surface area (TPSA) is 72.9 Å². The van der Waals surface area contributed by atoms with Crippen LogP contribution in [0.5, 0.6) is 0 Å². The standard InChI is InChI=1S/C18H25N3O3/c1-3-12(2)16-17(23)19-15-7-5-4-6-13(15)10-21(16)18(24)20-9-8-14(22)11-20/h4-7,12,14,16,22H,3,8-11H2,1-2H3,(H,19,23). The minimum Gasteiger partial charge on any atom is -0.391 e. The van der Waals surface area contributed by atoms with Crippen molar-refractivity contribution in [2.75, 3.05) is 18.4 Å². The molecule has 0 bridgehead atoms. The first-order chi connectivity index (χ1) is 11.5. The molecule has 130 valence electrons. The minimum atomic E-state index is -0.507. The molecule has 0 saturated carbocycles. The molecule has 1 aromatic rings. The maximum atomic E-state index is 13.0. The minimum absolute atomic E-state index is 0.0517. The highest BCUT2D eigenvalue weighted by Gasteiger charge is 2.39. The van der Waals surface area contributed by atoms with E-state index in [9.17, 15) is 14.7 Å². The molecule has 1 saturated heterocycles. The summed E-state index contributed by atoms with van der Waals surface area (Å²) in [7, 11) is 0. The van der Waals surface area contributed by atoms with E-state index in [-0.39, 0.29) is 17.9 Å². The number of hydrogen-bond acceptors (Lipinski definition) is 3. The van der Waals surface area contributed by atoms with Crippen molar-refractivity contribution in [3.05, 3.63) is 29.8 Å². The summed E-state index contributed by atoms with van der Waals surface area (Å²) < 4.78 is 0. The van der Waals surface area contributed by atoms with Crippen LogP contribution in [0, 0.1) is 5.92 Å². The Balaban J connectivity index is 1.94. The van der Waals surface area contributed by atoms with Gasteiger partial charge in [0.25, 0.3) is 0 Å².